The standard InChI is InChI=1S/C11H14ClF3N2O/c12-10-4-1-3-9(16-10)7-17(5-2-6-18)8-11(13,14)15/h1,3-4,18H,2,5-8H2. The minimum Gasteiger partial charge on any atom is -0.396 e. The van der Waals surface area contributed by atoms with Gasteiger partial charge in [0.05, 0.1) is 12.2 Å². The number of pyridine rings is 1. The van der Waals surface area contributed by atoms with E-state index in [0.29, 0.717) is 5.69 Å². The highest BCUT2D eigenvalue weighted by atomic mass is 35.5. The molecule has 0 saturated carbocycles. The molecular weight excluding hydrogens is 269 g/mol. The molecule has 0 bridgehead atoms. The van der Waals surface area contributed by atoms with E-state index in [-0.39, 0.29) is 31.3 Å². The minimum absolute atomic E-state index is 0.0556. The first-order valence-electron chi connectivity index (χ1n) is 5.42. The van der Waals surface area contributed by atoms with E-state index >= 15 is 0 Å². The van der Waals surface area contributed by atoms with Gasteiger partial charge in [-0.15, -0.1) is 0 Å². The molecule has 18 heavy (non-hydrogen) atoms. The van der Waals surface area contributed by atoms with Crippen molar-refractivity contribution in [2.45, 2.75) is 19.1 Å². The van der Waals surface area contributed by atoms with Crippen molar-refractivity contribution < 1.29 is 18.3 Å². The number of aromatic nitrogens is 1. The predicted molar refractivity (Wildman–Crippen MR) is 62.3 cm³/mol. The van der Waals surface area contributed by atoms with Crippen LogP contribution in [0.25, 0.3) is 0 Å². The number of hydrogen-bond donors (Lipinski definition) is 1. The van der Waals surface area contributed by atoms with Crippen LogP contribution in [0.15, 0.2) is 18.2 Å². The monoisotopic (exact) mass is 282 g/mol. The molecule has 102 valence electrons. The van der Waals surface area contributed by atoms with E-state index in [1.807, 2.05) is 0 Å². The Hall–Kier alpha value is -0.850. The maximum atomic E-state index is 12.4. The van der Waals surface area contributed by atoms with Gasteiger partial charge in [-0.2, -0.15) is 13.2 Å². The Bertz CT molecular complexity index is 374. The molecule has 0 aliphatic heterocycles. The molecule has 0 spiro atoms. The van der Waals surface area contributed by atoms with Gasteiger partial charge in [-0.1, -0.05) is 17.7 Å². The van der Waals surface area contributed by atoms with Gasteiger partial charge in [-0.05, 0) is 18.6 Å². The van der Waals surface area contributed by atoms with Crippen LogP contribution in [0.2, 0.25) is 5.15 Å². The van der Waals surface area contributed by atoms with E-state index in [0.717, 1.165) is 0 Å². The second-order valence-electron chi connectivity index (χ2n) is 3.85. The Morgan fingerprint density at radius 1 is 1.33 bits per heavy atom. The highest BCUT2D eigenvalue weighted by molar-refractivity contribution is 6.29. The summed E-state index contributed by atoms with van der Waals surface area (Å²) in [5, 5.41) is 8.93. The van der Waals surface area contributed by atoms with Crippen LogP contribution in [0.4, 0.5) is 13.2 Å². The smallest absolute Gasteiger partial charge is 0.396 e. The summed E-state index contributed by atoms with van der Waals surface area (Å²) in [6.07, 6.45) is -3.98. The summed E-state index contributed by atoms with van der Waals surface area (Å²) in [5.41, 5.74) is 0.477. The third kappa shape index (κ3) is 6.18. The van der Waals surface area contributed by atoms with Crippen molar-refractivity contribution in [1.82, 2.24) is 9.88 Å². The number of hydrogen-bond acceptors (Lipinski definition) is 3. The van der Waals surface area contributed by atoms with Crippen LogP contribution < -0.4 is 0 Å². The summed E-state index contributed by atoms with van der Waals surface area (Å²) in [7, 11) is 0. The fraction of sp³-hybridized carbons (Fsp3) is 0.545. The average molecular weight is 283 g/mol. The van der Waals surface area contributed by atoms with Crippen molar-refractivity contribution in [1.29, 1.82) is 0 Å². The van der Waals surface area contributed by atoms with Crippen molar-refractivity contribution in [2.24, 2.45) is 0 Å². The molecule has 0 fully saturated rings. The maximum absolute atomic E-state index is 12.4. The fourth-order valence-electron chi connectivity index (χ4n) is 1.53. The Balaban J connectivity index is 2.65. The summed E-state index contributed by atoms with van der Waals surface area (Å²) in [4.78, 5) is 5.13. The predicted octanol–water partition coefficient (Wildman–Crippen LogP) is 2.48. The summed E-state index contributed by atoms with van der Waals surface area (Å²) < 4.78 is 37.1. The molecule has 3 nitrogen and oxygen atoms in total. The quantitative estimate of drug-likeness (QED) is 0.815. The van der Waals surface area contributed by atoms with Crippen LogP contribution >= 0.6 is 11.6 Å². The lowest BCUT2D eigenvalue weighted by Crippen LogP contribution is -2.35. The first kappa shape index (κ1) is 15.2. The molecule has 0 aliphatic rings. The Kier molecular flexibility index (Phi) is 5.84. The lowest BCUT2D eigenvalue weighted by Gasteiger charge is -2.22. The number of rotatable bonds is 6. The van der Waals surface area contributed by atoms with Crippen molar-refractivity contribution in [3.8, 4) is 0 Å². The number of aliphatic hydroxyl groups excluding tert-OH is 1. The van der Waals surface area contributed by atoms with Crippen molar-refractivity contribution in [3.63, 3.8) is 0 Å². The third-order valence-corrected chi connectivity index (χ3v) is 2.40. The molecule has 7 heteroatoms. The average Bonchev–Trinajstić information content (AvgIpc) is 2.24. The van der Waals surface area contributed by atoms with E-state index < -0.39 is 12.7 Å². The summed E-state index contributed by atoms with van der Waals surface area (Å²) >= 11 is 5.67. The van der Waals surface area contributed by atoms with Gasteiger partial charge >= 0.3 is 6.18 Å². The first-order chi connectivity index (χ1) is 8.40. The van der Waals surface area contributed by atoms with Gasteiger partial charge in [-0.3, -0.25) is 4.90 Å². The summed E-state index contributed by atoms with van der Waals surface area (Å²) in [5.74, 6) is 0. The van der Waals surface area contributed by atoms with Gasteiger partial charge in [0.25, 0.3) is 0 Å². The van der Waals surface area contributed by atoms with E-state index in [4.69, 9.17) is 16.7 Å². The number of aliphatic hydroxyl groups is 1. The van der Waals surface area contributed by atoms with Gasteiger partial charge in [0.1, 0.15) is 5.15 Å². The normalized spacial score (nSPS) is 12.1. The largest absolute Gasteiger partial charge is 0.401 e. The maximum Gasteiger partial charge on any atom is 0.401 e. The first-order valence-corrected chi connectivity index (χ1v) is 5.80. The molecule has 0 unspecified atom stereocenters. The molecule has 1 aromatic heterocycles. The number of halogens is 4. The van der Waals surface area contributed by atoms with Gasteiger partial charge < -0.3 is 5.11 Å². The molecular formula is C11H14ClF3N2O. The van der Waals surface area contributed by atoms with Gasteiger partial charge in [0.2, 0.25) is 0 Å². The highest BCUT2D eigenvalue weighted by Gasteiger charge is 2.30. The molecule has 0 radical (unpaired) electrons. The number of nitrogens with zero attached hydrogens (tertiary/aromatic N) is 2. The molecule has 1 rings (SSSR count). The lowest BCUT2D eigenvalue weighted by atomic mass is 10.3. The Morgan fingerprint density at radius 3 is 2.61 bits per heavy atom. The van der Waals surface area contributed by atoms with E-state index in [1.165, 1.54) is 4.90 Å². The zero-order valence-electron chi connectivity index (χ0n) is 9.62. The number of alkyl halides is 3. The zero-order chi connectivity index (χ0) is 13.6. The lowest BCUT2D eigenvalue weighted by molar-refractivity contribution is -0.147. The molecule has 0 aliphatic carbocycles. The van der Waals surface area contributed by atoms with Crippen LogP contribution in [0.5, 0.6) is 0 Å². The zero-order valence-corrected chi connectivity index (χ0v) is 10.4. The van der Waals surface area contributed by atoms with E-state index in [2.05, 4.69) is 4.98 Å². The summed E-state index contributed by atoms with van der Waals surface area (Å²) in [6, 6.07) is 4.82. The van der Waals surface area contributed by atoms with Crippen molar-refractivity contribution in [2.75, 3.05) is 19.7 Å². The molecule has 1 aromatic rings. The second-order valence-corrected chi connectivity index (χ2v) is 4.24. The topological polar surface area (TPSA) is 36.4 Å². The van der Waals surface area contributed by atoms with Gasteiger partial charge in [0, 0.05) is 19.7 Å². The van der Waals surface area contributed by atoms with Crippen LogP contribution in [0, 0.1) is 0 Å². The second kappa shape index (κ2) is 6.92. The van der Waals surface area contributed by atoms with E-state index in [1.54, 1.807) is 18.2 Å². The minimum atomic E-state index is -4.27. The van der Waals surface area contributed by atoms with Crippen LogP contribution in [-0.2, 0) is 6.54 Å². The van der Waals surface area contributed by atoms with Gasteiger partial charge in [0.15, 0.2) is 0 Å². The molecule has 1 heterocycles. The molecule has 1 N–H and O–H groups in total. The molecule has 0 amide bonds. The summed E-state index contributed by atoms with van der Waals surface area (Å²) in [6.45, 7) is -0.956. The highest BCUT2D eigenvalue weighted by Crippen LogP contribution is 2.18. The van der Waals surface area contributed by atoms with Crippen molar-refractivity contribution >= 4 is 11.6 Å². The van der Waals surface area contributed by atoms with Crippen LogP contribution in [0.1, 0.15) is 12.1 Å². The molecule has 0 saturated heterocycles. The Morgan fingerprint density at radius 2 is 2.06 bits per heavy atom. The van der Waals surface area contributed by atoms with Gasteiger partial charge in [-0.25, -0.2) is 4.98 Å². The fourth-order valence-corrected chi connectivity index (χ4v) is 1.71. The SMILES string of the molecule is OCCCN(Cc1cccc(Cl)n1)CC(F)(F)F. The van der Waals surface area contributed by atoms with Crippen molar-refractivity contribution in [3.05, 3.63) is 29.0 Å². The third-order valence-electron chi connectivity index (χ3n) is 2.19. The Labute approximate surface area is 108 Å². The van der Waals surface area contributed by atoms with E-state index in [9.17, 15) is 13.2 Å². The van der Waals surface area contributed by atoms with Crippen LogP contribution in [0.3, 0.4) is 0 Å². The van der Waals surface area contributed by atoms with Crippen LogP contribution in [-0.4, -0.2) is 40.9 Å². The molecule has 0 atom stereocenters. The molecule has 0 aromatic carbocycles.